The van der Waals surface area contributed by atoms with E-state index in [0.717, 1.165) is 19.3 Å². The van der Waals surface area contributed by atoms with Crippen LogP contribution in [-0.4, -0.2) is 21.9 Å². The van der Waals surface area contributed by atoms with Gasteiger partial charge in [-0.05, 0) is 25.0 Å². The summed E-state index contributed by atoms with van der Waals surface area (Å²) in [5.74, 6) is -4.25. The van der Waals surface area contributed by atoms with Gasteiger partial charge in [0.1, 0.15) is 17.3 Å². The monoisotopic (exact) mass is 362 g/mol. The van der Waals surface area contributed by atoms with Crippen LogP contribution < -0.4 is 5.73 Å². The number of aliphatic hydroxyl groups is 1. The SMILES string of the molecule is N#CC(C(N)=S)C(C1=C(O)OC2(CCCCC2)OC1=O)c1ccco1. The number of furan rings is 1. The van der Waals surface area contributed by atoms with E-state index in [9.17, 15) is 15.2 Å². The Labute approximate surface area is 150 Å². The van der Waals surface area contributed by atoms with Crippen LogP contribution in [0, 0.1) is 17.2 Å². The van der Waals surface area contributed by atoms with E-state index >= 15 is 0 Å². The van der Waals surface area contributed by atoms with Gasteiger partial charge in [0.25, 0.3) is 11.7 Å². The Morgan fingerprint density at radius 2 is 2.08 bits per heavy atom. The van der Waals surface area contributed by atoms with Crippen molar-refractivity contribution in [2.24, 2.45) is 11.7 Å². The molecule has 0 amide bonds. The third kappa shape index (κ3) is 3.20. The fourth-order valence-electron chi connectivity index (χ4n) is 3.36. The molecule has 1 aliphatic carbocycles. The zero-order valence-corrected chi connectivity index (χ0v) is 14.3. The van der Waals surface area contributed by atoms with E-state index in [4.69, 9.17) is 31.8 Å². The molecule has 2 aliphatic rings. The number of hydrogen-bond donors (Lipinski definition) is 2. The van der Waals surface area contributed by atoms with Crippen LogP contribution in [0.1, 0.15) is 43.8 Å². The minimum absolute atomic E-state index is 0.116. The maximum atomic E-state index is 12.7. The smallest absolute Gasteiger partial charge is 0.345 e. The molecule has 8 heteroatoms. The minimum Gasteiger partial charge on any atom is -0.480 e. The Balaban J connectivity index is 2.03. The summed E-state index contributed by atoms with van der Waals surface area (Å²) in [7, 11) is 0. The average molecular weight is 362 g/mol. The second kappa shape index (κ2) is 6.76. The van der Waals surface area contributed by atoms with Crippen LogP contribution >= 0.6 is 12.2 Å². The van der Waals surface area contributed by atoms with Crippen LogP contribution in [0.4, 0.5) is 0 Å². The first kappa shape index (κ1) is 17.3. The summed E-state index contributed by atoms with van der Waals surface area (Å²) in [6.07, 6.45) is 5.12. The summed E-state index contributed by atoms with van der Waals surface area (Å²) in [5.41, 5.74) is 5.45. The van der Waals surface area contributed by atoms with E-state index in [1.54, 1.807) is 12.1 Å². The summed E-state index contributed by atoms with van der Waals surface area (Å²) >= 11 is 4.95. The lowest BCUT2D eigenvalue weighted by atomic mass is 9.83. The zero-order chi connectivity index (χ0) is 18.0. The van der Waals surface area contributed by atoms with Gasteiger partial charge in [-0.25, -0.2) is 4.79 Å². The highest BCUT2D eigenvalue weighted by Gasteiger charge is 2.49. The molecule has 3 N–H and O–H groups in total. The molecule has 7 nitrogen and oxygen atoms in total. The third-order valence-electron chi connectivity index (χ3n) is 4.57. The lowest BCUT2D eigenvalue weighted by molar-refractivity contribution is -0.250. The van der Waals surface area contributed by atoms with Crippen molar-refractivity contribution in [3.8, 4) is 6.07 Å². The first-order valence-electron chi connectivity index (χ1n) is 8.05. The molecule has 0 aromatic carbocycles. The largest absolute Gasteiger partial charge is 0.480 e. The topological polar surface area (TPSA) is 119 Å². The number of nitrogens with two attached hydrogens (primary N) is 1. The van der Waals surface area contributed by atoms with E-state index < -0.39 is 29.5 Å². The Morgan fingerprint density at radius 1 is 1.36 bits per heavy atom. The van der Waals surface area contributed by atoms with Crippen molar-refractivity contribution in [2.75, 3.05) is 0 Å². The van der Waals surface area contributed by atoms with Gasteiger partial charge in [0.15, 0.2) is 0 Å². The number of rotatable bonds is 4. The molecule has 132 valence electrons. The van der Waals surface area contributed by atoms with Crippen LogP contribution in [0.5, 0.6) is 0 Å². The molecule has 0 radical (unpaired) electrons. The second-order valence-electron chi connectivity index (χ2n) is 6.18. The normalized spacial score (nSPS) is 21.8. The van der Waals surface area contributed by atoms with E-state index in [-0.39, 0.29) is 16.3 Å². The average Bonchev–Trinajstić information content (AvgIpc) is 3.07. The molecule has 1 aromatic rings. The molecule has 1 saturated carbocycles. The fraction of sp³-hybridized carbons (Fsp3) is 0.471. The standard InChI is InChI=1S/C17H18N2O5S/c18-9-10(14(19)25)12(11-5-4-8-22-11)13-15(20)23-17(24-16(13)21)6-2-1-3-7-17/h4-5,8,10,12,20H,1-3,6-7H2,(H2,19,25). The van der Waals surface area contributed by atoms with Crippen molar-refractivity contribution in [2.45, 2.75) is 43.8 Å². The van der Waals surface area contributed by atoms with Crippen molar-refractivity contribution < 1.29 is 23.8 Å². The first-order valence-corrected chi connectivity index (χ1v) is 8.46. The summed E-state index contributed by atoms with van der Waals surface area (Å²) < 4.78 is 16.5. The quantitative estimate of drug-likeness (QED) is 0.620. The lowest BCUT2D eigenvalue weighted by Crippen LogP contribution is -2.45. The molecule has 2 heterocycles. The van der Waals surface area contributed by atoms with E-state index in [1.807, 2.05) is 6.07 Å². The zero-order valence-electron chi connectivity index (χ0n) is 13.4. The summed E-state index contributed by atoms with van der Waals surface area (Å²) in [4.78, 5) is 12.6. The van der Waals surface area contributed by atoms with Crippen LogP contribution in [0.15, 0.2) is 34.3 Å². The van der Waals surface area contributed by atoms with Gasteiger partial charge in [0, 0.05) is 12.8 Å². The molecule has 0 bridgehead atoms. The number of nitrogens with zero attached hydrogens (tertiary/aromatic N) is 1. The number of thiocarbonyl (C=S) groups is 1. The summed E-state index contributed by atoms with van der Waals surface area (Å²) in [6.45, 7) is 0. The molecule has 3 rings (SSSR count). The van der Waals surface area contributed by atoms with Crippen LogP contribution in [0.2, 0.25) is 0 Å². The Hall–Kier alpha value is -2.53. The van der Waals surface area contributed by atoms with Gasteiger partial charge in [-0.1, -0.05) is 18.6 Å². The van der Waals surface area contributed by atoms with Crippen LogP contribution in [-0.2, 0) is 14.3 Å². The van der Waals surface area contributed by atoms with Crippen molar-refractivity contribution in [1.29, 1.82) is 5.26 Å². The van der Waals surface area contributed by atoms with E-state index in [0.29, 0.717) is 12.8 Å². The van der Waals surface area contributed by atoms with Gasteiger partial charge in [0.2, 0.25) is 0 Å². The number of ether oxygens (including phenoxy) is 2. The second-order valence-corrected chi connectivity index (χ2v) is 6.66. The molecule has 1 aromatic heterocycles. The molecule has 0 saturated heterocycles. The van der Waals surface area contributed by atoms with Gasteiger partial charge in [0.05, 0.1) is 23.2 Å². The highest BCUT2D eigenvalue weighted by atomic mass is 32.1. The molecular formula is C17H18N2O5S. The van der Waals surface area contributed by atoms with E-state index in [2.05, 4.69) is 0 Å². The van der Waals surface area contributed by atoms with Crippen molar-refractivity contribution in [1.82, 2.24) is 0 Å². The lowest BCUT2D eigenvalue weighted by Gasteiger charge is -2.40. The highest BCUT2D eigenvalue weighted by Crippen LogP contribution is 2.43. The Bertz CT molecular complexity index is 744. The molecule has 1 aliphatic heterocycles. The fourth-order valence-corrected chi connectivity index (χ4v) is 3.55. The predicted molar refractivity (Wildman–Crippen MR) is 90.0 cm³/mol. The molecule has 2 atom stereocenters. The Morgan fingerprint density at radius 3 is 2.60 bits per heavy atom. The van der Waals surface area contributed by atoms with Crippen molar-refractivity contribution >= 4 is 23.2 Å². The molecular weight excluding hydrogens is 344 g/mol. The number of nitriles is 1. The number of aliphatic hydroxyl groups excluding tert-OH is 1. The molecule has 1 spiro atoms. The maximum absolute atomic E-state index is 12.7. The highest BCUT2D eigenvalue weighted by molar-refractivity contribution is 7.80. The minimum atomic E-state index is -1.14. The van der Waals surface area contributed by atoms with Crippen LogP contribution in [0.3, 0.4) is 0 Å². The number of hydrogen-bond acceptors (Lipinski definition) is 7. The first-order chi connectivity index (χ1) is 12.0. The number of esters is 1. The van der Waals surface area contributed by atoms with Gasteiger partial charge >= 0.3 is 5.97 Å². The van der Waals surface area contributed by atoms with Gasteiger partial charge in [-0.2, -0.15) is 5.26 Å². The third-order valence-corrected chi connectivity index (χ3v) is 4.82. The molecule has 1 fully saturated rings. The predicted octanol–water partition coefficient (Wildman–Crippen LogP) is 2.79. The van der Waals surface area contributed by atoms with Crippen molar-refractivity contribution in [3.63, 3.8) is 0 Å². The number of carbonyl (C=O) groups is 1. The molecule has 25 heavy (non-hydrogen) atoms. The molecule has 2 unspecified atom stereocenters. The summed E-state index contributed by atoms with van der Waals surface area (Å²) in [6, 6.07) is 5.14. The van der Waals surface area contributed by atoms with Crippen LogP contribution in [0.25, 0.3) is 0 Å². The maximum Gasteiger partial charge on any atom is 0.345 e. The Kier molecular flexibility index (Phi) is 4.68. The van der Waals surface area contributed by atoms with Gasteiger partial charge in [-0.3, -0.25) is 0 Å². The van der Waals surface area contributed by atoms with Gasteiger partial charge in [-0.15, -0.1) is 0 Å². The van der Waals surface area contributed by atoms with E-state index in [1.165, 1.54) is 6.26 Å². The van der Waals surface area contributed by atoms with Crippen molar-refractivity contribution in [3.05, 3.63) is 35.7 Å². The number of carbonyl (C=O) groups excluding carboxylic acids is 1. The van der Waals surface area contributed by atoms with Gasteiger partial charge < -0.3 is 24.7 Å². The summed E-state index contributed by atoms with van der Waals surface area (Å²) in [5, 5.41) is 19.9.